The van der Waals surface area contributed by atoms with Crippen LogP contribution in [-0.2, 0) is 4.79 Å². The summed E-state index contributed by atoms with van der Waals surface area (Å²) in [5, 5.41) is 15.9. The molecule has 0 aliphatic carbocycles. The number of rotatable bonds is 3. The van der Waals surface area contributed by atoms with Crippen molar-refractivity contribution in [2.45, 2.75) is 19.3 Å². The lowest BCUT2D eigenvalue weighted by molar-refractivity contribution is -0.116. The van der Waals surface area contributed by atoms with Gasteiger partial charge in [-0.2, -0.15) is 14.9 Å². The van der Waals surface area contributed by atoms with Crippen LogP contribution in [0.15, 0.2) is 48.7 Å². The highest BCUT2D eigenvalue weighted by Crippen LogP contribution is 2.41. The third-order valence-electron chi connectivity index (χ3n) is 5.31. The van der Waals surface area contributed by atoms with E-state index in [2.05, 4.69) is 25.6 Å². The average molecular weight is 453 g/mol. The number of fused-ring (bicyclic) bond motifs is 1. The molecule has 0 saturated carbocycles. The third-order valence-corrected chi connectivity index (χ3v) is 5.57. The molecule has 1 atom stereocenters. The van der Waals surface area contributed by atoms with E-state index in [1.807, 2.05) is 0 Å². The zero-order chi connectivity index (χ0) is 22.4. The summed E-state index contributed by atoms with van der Waals surface area (Å²) in [6.45, 7) is 1.73. The van der Waals surface area contributed by atoms with Crippen molar-refractivity contribution in [3.8, 4) is 17.2 Å². The Morgan fingerprint density at radius 3 is 2.72 bits per heavy atom. The molecule has 3 heterocycles. The van der Waals surface area contributed by atoms with Crippen molar-refractivity contribution in [1.82, 2.24) is 25.0 Å². The number of nitrogens with zero attached hydrogens (tertiary/aromatic N) is 5. The van der Waals surface area contributed by atoms with Gasteiger partial charge in [-0.1, -0.05) is 23.7 Å². The normalized spacial score (nSPS) is 15.4. The first-order valence-electron chi connectivity index (χ1n) is 9.71. The molecule has 5 rings (SSSR count). The summed E-state index contributed by atoms with van der Waals surface area (Å²) in [4.78, 5) is 17.0. The molecule has 2 aromatic heterocycles. The molecule has 10 heteroatoms. The van der Waals surface area contributed by atoms with Crippen molar-refractivity contribution < 1.29 is 13.6 Å². The van der Waals surface area contributed by atoms with Crippen LogP contribution in [0.2, 0.25) is 5.02 Å². The maximum Gasteiger partial charge on any atom is 0.272 e. The quantitative estimate of drug-likeness (QED) is 0.496. The van der Waals surface area contributed by atoms with E-state index in [1.165, 1.54) is 10.9 Å². The summed E-state index contributed by atoms with van der Waals surface area (Å²) in [6.07, 6.45) is 1.46. The summed E-state index contributed by atoms with van der Waals surface area (Å²) in [5.41, 5.74) is 2.51. The van der Waals surface area contributed by atoms with Gasteiger partial charge in [-0.15, -0.1) is 5.10 Å². The van der Waals surface area contributed by atoms with Gasteiger partial charge in [0.1, 0.15) is 17.5 Å². The molecule has 1 aliphatic rings. The first kappa shape index (κ1) is 20.2. The molecule has 0 unspecified atom stereocenters. The Morgan fingerprint density at radius 1 is 1.16 bits per heavy atom. The lowest BCUT2D eigenvalue weighted by Crippen LogP contribution is -2.25. The number of aryl methyl sites for hydroxylation is 1. The fraction of sp³-hybridized carbons (Fsp3) is 0.136. The molecule has 1 aliphatic heterocycles. The zero-order valence-electron chi connectivity index (χ0n) is 16.7. The predicted octanol–water partition coefficient (Wildman–Crippen LogP) is 4.44. The van der Waals surface area contributed by atoms with E-state index < -0.39 is 17.6 Å². The van der Waals surface area contributed by atoms with Crippen LogP contribution in [0.3, 0.4) is 0 Å². The minimum atomic E-state index is -0.699. The molecule has 7 nitrogen and oxygen atoms in total. The van der Waals surface area contributed by atoms with E-state index in [9.17, 15) is 13.6 Å². The van der Waals surface area contributed by atoms with Crippen LogP contribution in [0.1, 0.15) is 29.2 Å². The molecule has 1 N–H and O–H groups in total. The lowest BCUT2D eigenvalue weighted by Gasteiger charge is -2.24. The predicted molar refractivity (Wildman–Crippen MR) is 114 cm³/mol. The van der Waals surface area contributed by atoms with E-state index in [0.717, 1.165) is 23.8 Å². The number of benzene rings is 2. The van der Waals surface area contributed by atoms with Crippen molar-refractivity contribution in [2.24, 2.45) is 0 Å². The highest BCUT2D eigenvalue weighted by Gasteiger charge is 2.34. The summed E-state index contributed by atoms with van der Waals surface area (Å²) >= 11 is 5.95. The Bertz CT molecular complexity index is 1360. The minimum absolute atomic E-state index is 0.0379. The van der Waals surface area contributed by atoms with E-state index in [0.29, 0.717) is 27.8 Å². The maximum atomic E-state index is 14.5. The number of carbonyl (C=O) groups is 1. The van der Waals surface area contributed by atoms with Crippen LogP contribution in [0, 0.1) is 18.6 Å². The fourth-order valence-corrected chi connectivity index (χ4v) is 4.01. The van der Waals surface area contributed by atoms with Crippen LogP contribution in [0.4, 0.5) is 14.6 Å². The maximum absolute atomic E-state index is 14.5. The third kappa shape index (κ3) is 3.50. The minimum Gasteiger partial charge on any atom is -0.310 e. The number of carbonyl (C=O) groups excluding carboxylic acids is 1. The Morgan fingerprint density at radius 2 is 1.94 bits per heavy atom. The molecule has 0 saturated heterocycles. The van der Waals surface area contributed by atoms with Gasteiger partial charge >= 0.3 is 0 Å². The van der Waals surface area contributed by atoms with Crippen molar-refractivity contribution in [2.75, 3.05) is 5.32 Å². The zero-order valence-corrected chi connectivity index (χ0v) is 17.4. The summed E-state index contributed by atoms with van der Waals surface area (Å²) in [6, 6.07) is 10.3. The molecular formula is C22H15ClF2N6O. The monoisotopic (exact) mass is 452 g/mol. The van der Waals surface area contributed by atoms with Crippen molar-refractivity contribution in [1.29, 1.82) is 0 Å². The fourth-order valence-electron chi connectivity index (χ4n) is 3.88. The molecule has 0 fully saturated rings. The number of hydrogen-bond donors (Lipinski definition) is 1. The average Bonchev–Trinajstić information content (AvgIpc) is 3.11. The molecule has 0 radical (unpaired) electrons. The Hall–Kier alpha value is -3.72. The molecule has 2 aromatic carbocycles. The van der Waals surface area contributed by atoms with Crippen LogP contribution < -0.4 is 5.32 Å². The number of halogens is 3. The van der Waals surface area contributed by atoms with E-state index >= 15 is 0 Å². The first-order valence-corrected chi connectivity index (χ1v) is 10.1. The molecule has 4 aromatic rings. The first-order chi connectivity index (χ1) is 15.4. The second-order valence-electron chi connectivity index (χ2n) is 7.38. The highest BCUT2D eigenvalue weighted by atomic mass is 35.5. The second-order valence-corrected chi connectivity index (χ2v) is 7.82. The number of nitrogens with one attached hydrogen (secondary N) is 1. The molecule has 0 spiro atoms. The Balaban J connectivity index is 1.63. The van der Waals surface area contributed by atoms with Gasteiger partial charge in [-0.3, -0.25) is 4.79 Å². The van der Waals surface area contributed by atoms with Crippen molar-refractivity contribution in [3.05, 3.63) is 82.1 Å². The molecular weight excluding hydrogens is 438 g/mol. The Labute approximate surface area is 186 Å². The van der Waals surface area contributed by atoms with E-state index in [-0.39, 0.29) is 23.8 Å². The van der Waals surface area contributed by atoms with Crippen LogP contribution in [-0.4, -0.2) is 30.9 Å². The number of anilines is 1. The van der Waals surface area contributed by atoms with E-state index in [1.54, 1.807) is 31.2 Å². The lowest BCUT2D eigenvalue weighted by atomic mass is 9.85. The van der Waals surface area contributed by atoms with Gasteiger partial charge in [-0.05, 0) is 42.8 Å². The van der Waals surface area contributed by atoms with Crippen LogP contribution in [0.25, 0.3) is 17.2 Å². The van der Waals surface area contributed by atoms with E-state index in [4.69, 9.17) is 11.6 Å². The molecule has 0 bridgehead atoms. The van der Waals surface area contributed by atoms with Gasteiger partial charge in [0.2, 0.25) is 5.91 Å². The van der Waals surface area contributed by atoms with Crippen molar-refractivity contribution >= 4 is 23.3 Å². The Kier molecular flexibility index (Phi) is 4.90. The standard InChI is InChI=1S/C22H15ClF2N6O/c1-11-20-16(15-8-14(24)6-7-17(15)25)9-19(32)28-21(20)31(30-11)22-27-18(10-26-29-22)12-2-4-13(23)5-3-12/h2-8,10,16H,9H2,1H3,(H,28,32)/t16-/m1/s1. The van der Waals surface area contributed by atoms with Gasteiger partial charge in [0.05, 0.1) is 17.6 Å². The summed E-state index contributed by atoms with van der Waals surface area (Å²) < 4.78 is 29.7. The van der Waals surface area contributed by atoms with Crippen LogP contribution in [0.5, 0.6) is 0 Å². The van der Waals surface area contributed by atoms with Gasteiger partial charge < -0.3 is 5.32 Å². The topological polar surface area (TPSA) is 85.6 Å². The number of amides is 1. The molecule has 160 valence electrons. The summed E-state index contributed by atoms with van der Waals surface area (Å²) in [7, 11) is 0. The number of aromatic nitrogens is 5. The van der Waals surface area contributed by atoms with Gasteiger partial charge in [0, 0.05) is 28.5 Å². The SMILES string of the molecule is Cc1nn(-c2nncc(-c3ccc(Cl)cc3)n2)c2c1[C@@H](c1cc(F)ccc1F)CC(=O)N2. The number of hydrogen-bond acceptors (Lipinski definition) is 5. The van der Waals surface area contributed by atoms with Gasteiger partial charge in [0.25, 0.3) is 5.95 Å². The van der Waals surface area contributed by atoms with Gasteiger partial charge in [0.15, 0.2) is 0 Å². The smallest absolute Gasteiger partial charge is 0.272 e. The largest absolute Gasteiger partial charge is 0.310 e. The van der Waals surface area contributed by atoms with Crippen LogP contribution >= 0.6 is 11.6 Å². The molecule has 1 amide bonds. The highest BCUT2D eigenvalue weighted by molar-refractivity contribution is 6.30. The molecule has 32 heavy (non-hydrogen) atoms. The van der Waals surface area contributed by atoms with Crippen molar-refractivity contribution in [3.63, 3.8) is 0 Å². The second kappa shape index (κ2) is 7.76. The summed E-state index contributed by atoms with van der Waals surface area (Å²) in [5.74, 6) is -1.79. The van der Waals surface area contributed by atoms with Gasteiger partial charge in [-0.25, -0.2) is 13.8 Å².